The van der Waals surface area contributed by atoms with Crippen LogP contribution >= 0.6 is 34.5 Å². The van der Waals surface area contributed by atoms with E-state index in [1.54, 1.807) is 17.4 Å². The molecule has 3 nitrogen and oxygen atoms in total. The van der Waals surface area contributed by atoms with Crippen LogP contribution in [0.5, 0.6) is 0 Å². The fourth-order valence-corrected chi connectivity index (χ4v) is 4.38. The number of halogens is 2. The third kappa shape index (κ3) is 4.36. The second kappa shape index (κ2) is 8.74. The van der Waals surface area contributed by atoms with Gasteiger partial charge in [-0.3, -0.25) is 4.98 Å². The van der Waals surface area contributed by atoms with Gasteiger partial charge in [0.2, 0.25) is 0 Å². The summed E-state index contributed by atoms with van der Waals surface area (Å²) in [6, 6.07) is 21.5. The summed E-state index contributed by atoms with van der Waals surface area (Å²) in [6.45, 7) is 0.750. The Balaban J connectivity index is 1.79. The van der Waals surface area contributed by atoms with Crippen molar-refractivity contribution < 1.29 is 0 Å². The normalized spacial score (nSPS) is 11.7. The van der Waals surface area contributed by atoms with E-state index >= 15 is 0 Å². The SMILES string of the molecule is Clc1ccc(-c2csc(=Nc3ccccc3)n2CCc2ccccn2)c(Cl)c1. The van der Waals surface area contributed by atoms with Crippen molar-refractivity contribution >= 4 is 40.2 Å². The van der Waals surface area contributed by atoms with Gasteiger partial charge in [-0.05, 0) is 42.5 Å². The van der Waals surface area contributed by atoms with Crippen LogP contribution in [0.1, 0.15) is 5.69 Å². The number of pyridine rings is 1. The molecule has 4 aromatic rings. The standard InChI is InChI=1S/C22H17Cl2N3S/c23-16-9-10-19(20(24)14-16)21-15-28-22(26-18-7-2-1-3-8-18)27(21)13-11-17-6-4-5-12-25-17/h1-10,12,14-15H,11,13H2. The number of rotatable bonds is 5. The lowest BCUT2D eigenvalue weighted by molar-refractivity contribution is 0.674. The molecule has 0 unspecified atom stereocenters. The largest absolute Gasteiger partial charge is 0.316 e. The molecule has 0 spiro atoms. The lowest BCUT2D eigenvalue weighted by atomic mass is 10.1. The number of benzene rings is 2. The Morgan fingerprint density at radius 3 is 2.54 bits per heavy atom. The van der Waals surface area contributed by atoms with Crippen LogP contribution in [-0.2, 0) is 13.0 Å². The van der Waals surface area contributed by atoms with E-state index in [0.29, 0.717) is 10.0 Å². The molecule has 0 bridgehead atoms. The molecule has 140 valence electrons. The highest BCUT2D eigenvalue weighted by Crippen LogP contribution is 2.31. The van der Waals surface area contributed by atoms with Crippen LogP contribution in [0.3, 0.4) is 0 Å². The van der Waals surface area contributed by atoms with Crippen molar-refractivity contribution in [2.75, 3.05) is 0 Å². The summed E-state index contributed by atoms with van der Waals surface area (Å²) in [5.74, 6) is 0. The maximum atomic E-state index is 6.49. The van der Waals surface area contributed by atoms with E-state index in [2.05, 4.69) is 14.9 Å². The number of hydrogen-bond acceptors (Lipinski definition) is 3. The minimum absolute atomic E-state index is 0.623. The zero-order chi connectivity index (χ0) is 19.3. The lowest BCUT2D eigenvalue weighted by Gasteiger charge is -2.11. The summed E-state index contributed by atoms with van der Waals surface area (Å²) in [5, 5.41) is 3.34. The smallest absolute Gasteiger partial charge is 0.190 e. The molecule has 0 saturated carbocycles. The van der Waals surface area contributed by atoms with Crippen LogP contribution in [0.4, 0.5) is 5.69 Å². The molecule has 6 heteroatoms. The van der Waals surface area contributed by atoms with Crippen molar-refractivity contribution in [2.45, 2.75) is 13.0 Å². The molecule has 0 saturated heterocycles. The molecule has 2 aromatic heterocycles. The van der Waals surface area contributed by atoms with Gasteiger partial charge in [0, 0.05) is 40.8 Å². The average molecular weight is 426 g/mol. The van der Waals surface area contributed by atoms with Gasteiger partial charge in [0.05, 0.1) is 16.4 Å². The predicted octanol–water partition coefficient (Wildman–Crippen LogP) is 6.39. The van der Waals surface area contributed by atoms with Crippen LogP contribution in [-0.4, -0.2) is 9.55 Å². The summed E-state index contributed by atoms with van der Waals surface area (Å²) in [7, 11) is 0. The highest BCUT2D eigenvalue weighted by atomic mass is 35.5. The van der Waals surface area contributed by atoms with Gasteiger partial charge in [0.1, 0.15) is 0 Å². The molecule has 0 aliphatic heterocycles. The predicted molar refractivity (Wildman–Crippen MR) is 117 cm³/mol. The lowest BCUT2D eigenvalue weighted by Crippen LogP contribution is -2.17. The number of nitrogens with zero attached hydrogens (tertiary/aromatic N) is 3. The van der Waals surface area contributed by atoms with Crippen LogP contribution in [0.25, 0.3) is 11.3 Å². The second-order valence-electron chi connectivity index (χ2n) is 6.20. The molecule has 0 amide bonds. The van der Waals surface area contributed by atoms with Crippen molar-refractivity contribution in [3.63, 3.8) is 0 Å². The van der Waals surface area contributed by atoms with E-state index < -0.39 is 0 Å². The first-order chi connectivity index (χ1) is 13.7. The topological polar surface area (TPSA) is 30.2 Å². The average Bonchev–Trinajstić information content (AvgIpc) is 3.10. The zero-order valence-corrected chi connectivity index (χ0v) is 17.3. The Hall–Kier alpha value is -2.40. The summed E-state index contributed by atoms with van der Waals surface area (Å²) < 4.78 is 2.20. The molecule has 2 heterocycles. The first-order valence-corrected chi connectivity index (χ1v) is 10.5. The monoisotopic (exact) mass is 425 g/mol. The second-order valence-corrected chi connectivity index (χ2v) is 7.88. The highest BCUT2D eigenvalue weighted by molar-refractivity contribution is 7.07. The number of para-hydroxylation sites is 1. The Morgan fingerprint density at radius 2 is 1.79 bits per heavy atom. The van der Waals surface area contributed by atoms with Gasteiger partial charge in [-0.1, -0.05) is 47.5 Å². The van der Waals surface area contributed by atoms with Crippen LogP contribution < -0.4 is 4.80 Å². The Kier molecular flexibility index (Phi) is 5.91. The summed E-state index contributed by atoms with van der Waals surface area (Å²) in [5.41, 5.74) is 3.93. The van der Waals surface area contributed by atoms with Gasteiger partial charge >= 0.3 is 0 Å². The number of aryl methyl sites for hydroxylation is 1. The van der Waals surface area contributed by atoms with Crippen molar-refractivity contribution in [3.8, 4) is 11.3 Å². The van der Waals surface area contributed by atoms with Gasteiger partial charge in [-0.15, -0.1) is 11.3 Å². The van der Waals surface area contributed by atoms with Gasteiger partial charge in [-0.2, -0.15) is 0 Å². The van der Waals surface area contributed by atoms with E-state index in [0.717, 1.165) is 40.4 Å². The van der Waals surface area contributed by atoms with Crippen molar-refractivity contribution in [1.82, 2.24) is 9.55 Å². The molecular formula is C22H17Cl2N3S. The molecule has 0 aliphatic rings. The van der Waals surface area contributed by atoms with E-state index in [1.807, 2.05) is 66.9 Å². The Morgan fingerprint density at radius 1 is 0.964 bits per heavy atom. The number of thiazole rings is 1. The van der Waals surface area contributed by atoms with Crippen LogP contribution in [0.2, 0.25) is 10.0 Å². The maximum absolute atomic E-state index is 6.49. The molecule has 0 radical (unpaired) electrons. The Bertz CT molecular complexity index is 1140. The molecule has 4 rings (SSSR count). The minimum atomic E-state index is 0.623. The van der Waals surface area contributed by atoms with Crippen molar-refractivity contribution in [1.29, 1.82) is 0 Å². The van der Waals surface area contributed by atoms with E-state index in [1.165, 1.54) is 0 Å². The minimum Gasteiger partial charge on any atom is -0.316 e. The van der Waals surface area contributed by atoms with E-state index in [-0.39, 0.29) is 0 Å². The number of hydrogen-bond donors (Lipinski definition) is 0. The van der Waals surface area contributed by atoms with Gasteiger partial charge < -0.3 is 4.57 Å². The molecule has 0 atom stereocenters. The summed E-state index contributed by atoms with van der Waals surface area (Å²) in [4.78, 5) is 10.2. The quantitative estimate of drug-likeness (QED) is 0.364. The molecule has 2 aromatic carbocycles. The van der Waals surface area contributed by atoms with Crippen molar-refractivity contribution in [2.24, 2.45) is 4.99 Å². The van der Waals surface area contributed by atoms with Crippen LogP contribution in [0.15, 0.2) is 83.3 Å². The van der Waals surface area contributed by atoms with Crippen molar-refractivity contribution in [3.05, 3.63) is 98.8 Å². The third-order valence-corrected chi connectivity index (χ3v) is 5.71. The van der Waals surface area contributed by atoms with Crippen LogP contribution in [0, 0.1) is 0 Å². The molecule has 0 fully saturated rings. The molecule has 0 aliphatic carbocycles. The molecule has 28 heavy (non-hydrogen) atoms. The molecular weight excluding hydrogens is 409 g/mol. The Labute approximate surface area is 177 Å². The third-order valence-electron chi connectivity index (χ3n) is 4.30. The van der Waals surface area contributed by atoms with Gasteiger partial charge in [0.15, 0.2) is 4.80 Å². The van der Waals surface area contributed by atoms with Gasteiger partial charge in [0.25, 0.3) is 0 Å². The van der Waals surface area contributed by atoms with E-state index in [4.69, 9.17) is 28.2 Å². The number of aromatic nitrogens is 2. The fraction of sp³-hybridized carbons (Fsp3) is 0.0909. The summed E-state index contributed by atoms with van der Waals surface area (Å²) >= 11 is 14.2. The first kappa shape index (κ1) is 18.9. The zero-order valence-electron chi connectivity index (χ0n) is 14.9. The fourth-order valence-electron chi connectivity index (χ4n) is 2.93. The first-order valence-electron chi connectivity index (χ1n) is 8.84. The maximum Gasteiger partial charge on any atom is 0.190 e. The van der Waals surface area contributed by atoms with Gasteiger partial charge in [-0.25, -0.2) is 4.99 Å². The highest BCUT2D eigenvalue weighted by Gasteiger charge is 2.12. The van der Waals surface area contributed by atoms with E-state index in [9.17, 15) is 0 Å². The molecule has 0 N–H and O–H groups in total. The summed E-state index contributed by atoms with van der Waals surface area (Å²) in [6.07, 6.45) is 2.62.